The molecule has 0 unspecified atom stereocenters. The maximum absolute atomic E-state index is 8.66. The van der Waals surface area contributed by atoms with E-state index in [1.54, 1.807) is 24.9 Å². The zero-order valence-electron chi connectivity index (χ0n) is 7.10. The van der Waals surface area contributed by atoms with Gasteiger partial charge in [0.1, 0.15) is 0 Å². The Morgan fingerprint density at radius 2 is 2.33 bits per heavy atom. The minimum absolute atomic E-state index is 0.796. The number of aromatic nitrogens is 2. The first-order valence-electron chi connectivity index (χ1n) is 3.64. The van der Waals surface area contributed by atoms with Gasteiger partial charge in [-0.3, -0.25) is 4.68 Å². The lowest BCUT2D eigenvalue weighted by Gasteiger charge is -2.00. The second-order valence-electron chi connectivity index (χ2n) is 2.60. The highest BCUT2D eigenvalue weighted by atomic mass is 16.4. The molecule has 0 saturated carbocycles. The van der Waals surface area contributed by atoms with Crippen LogP contribution in [0.1, 0.15) is 12.6 Å². The van der Waals surface area contributed by atoms with Crippen molar-refractivity contribution in [3.05, 3.63) is 23.9 Å². The molecular weight excluding hydrogens is 155 g/mol. The summed E-state index contributed by atoms with van der Waals surface area (Å²) in [5.41, 5.74) is 1.67. The van der Waals surface area contributed by atoms with Crippen LogP contribution < -0.4 is 0 Å². The lowest BCUT2D eigenvalue weighted by Crippen LogP contribution is -2.08. The van der Waals surface area contributed by atoms with Crippen molar-refractivity contribution in [3.63, 3.8) is 0 Å². The Balaban J connectivity index is 2.92. The monoisotopic (exact) mass is 166 g/mol. The molecule has 5 heteroatoms. The number of hydrogen-bond donors (Lipinski definition) is 2. The van der Waals surface area contributed by atoms with Crippen LogP contribution in [0.15, 0.2) is 18.2 Å². The summed E-state index contributed by atoms with van der Waals surface area (Å²) in [7, 11) is 0.399. The third kappa shape index (κ3) is 1.96. The maximum atomic E-state index is 8.66. The van der Waals surface area contributed by atoms with Crippen LogP contribution in [0.25, 0.3) is 5.57 Å². The third-order valence-electron chi connectivity index (χ3n) is 1.62. The van der Waals surface area contributed by atoms with Crippen LogP contribution >= 0.6 is 0 Å². The van der Waals surface area contributed by atoms with E-state index in [9.17, 15) is 0 Å². The number of hydrogen-bond acceptors (Lipinski definition) is 3. The fraction of sp³-hybridized carbons (Fsp3) is 0.286. The largest absolute Gasteiger partial charge is 0.481 e. The molecular formula is C7H11BN2O2. The van der Waals surface area contributed by atoms with E-state index < -0.39 is 7.12 Å². The Labute approximate surface area is 71.3 Å². The zero-order chi connectivity index (χ0) is 9.14. The van der Waals surface area contributed by atoms with Gasteiger partial charge >= 0.3 is 7.12 Å². The molecule has 4 nitrogen and oxygen atoms in total. The number of rotatable bonds is 2. The van der Waals surface area contributed by atoms with Gasteiger partial charge in [-0.15, -0.1) is 0 Å². The van der Waals surface area contributed by atoms with Gasteiger partial charge in [0.15, 0.2) is 0 Å². The lowest BCUT2D eigenvalue weighted by molar-refractivity contribution is 0.424. The summed E-state index contributed by atoms with van der Waals surface area (Å²) in [4.78, 5) is 0. The van der Waals surface area contributed by atoms with Crippen molar-refractivity contribution in [2.24, 2.45) is 7.05 Å². The summed E-state index contributed by atoms with van der Waals surface area (Å²) in [5, 5.41) is 21.3. The minimum atomic E-state index is -1.40. The van der Waals surface area contributed by atoms with Crippen LogP contribution in [0.4, 0.5) is 0 Å². The van der Waals surface area contributed by atoms with Crippen molar-refractivity contribution in [2.45, 2.75) is 6.92 Å². The fourth-order valence-electron chi connectivity index (χ4n) is 1.07. The fourth-order valence-corrected chi connectivity index (χ4v) is 1.07. The van der Waals surface area contributed by atoms with E-state index in [1.807, 2.05) is 6.07 Å². The third-order valence-corrected chi connectivity index (χ3v) is 1.62. The molecule has 1 aromatic rings. The van der Waals surface area contributed by atoms with E-state index in [0.29, 0.717) is 0 Å². The normalized spacial score (nSPS) is 11.8. The van der Waals surface area contributed by atoms with E-state index in [2.05, 4.69) is 5.10 Å². The highest BCUT2D eigenvalue weighted by Crippen LogP contribution is 2.11. The van der Waals surface area contributed by atoms with E-state index in [1.165, 1.54) is 5.98 Å². The maximum Gasteiger partial charge on any atom is 0.481 e. The molecule has 0 aromatic carbocycles. The van der Waals surface area contributed by atoms with Crippen LogP contribution in [0.2, 0.25) is 0 Å². The molecule has 64 valence electrons. The van der Waals surface area contributed by atoms with E-state index in [4.69, 9.17) is 10.0 Å². The highest BCUT2D eigenvalue weighted by Gasteiger charge is 2.05. The summed E-state index contributed by atoms with van der Waals surface area (Å²) >= 11 is 0. The Bertz CT molecular complexity index is 293. The summed E-state index contributed by atoms with van der Waals surface area (Å²) in [5.74, 6) is 1.36. The molecule has 0 spiro atoms. The molecule has 0 saturated heterocycles. The van der Waals surface area contributed by atoms with Gasteiger partial charge in [0.2, 0.25) is 0 Å². The highest BCUT2D eigenvalue weighted by molar-refractivity contribution is 6.49. The Hall–Kier alpha value is -1.07. The van der Waals surface area contributed by atoms with Crippen molar-refractivity contribution in [1.29, 1.82) is 0 Å². The van der Waals surface area contributed by atoms with Gasteiger partial charge in [-0.05, 0) is 24.5 Å². The Morgan fingerprint density at radius 3 is 2.75 bits per heavy atom. The molecule has 0 aliphatic heterocycles. The lowest BCUT2D eigenvalue weighted by atomic mass is 9.88. The van der Waals surface area contributed by atoms with Crippen molar-refractivity contribution in [3.8, 4) is 0 Å². The zero-order valence-corrected chi connectivity index (χ0v) is 7.10. The van der Waals surface area contributed by atoms with Crippen LogP contribution in [0.5, 0.6) is 0 Å². The SMILES string of the molecule is C/C(=C\B(O)O)c1ccnn1C. The van der Waals surface area contributed by atoms with Crippen LogP contribution in [0, 0.1) is 0 Å². The summed E-state index contributed by atoms with van der Waals surface area (Å²) < 4.78 is 1.67. The number of nitrogens with zero attached hydrogens (tertiary/aromatic N) is 2. The second kappa shape index (κ2) is 3.56. The molecule has 0 amide bonds. The quantitative estimate of drug-likeness (QED) is 0.600. The van der Waals surface area contributed by atoms with Gasteiger partial charge < -0.3 is 10.0 Å². The molecule has 0 aliphatic rings. The minimum Gasteiger partial charge on any atom is -0.424 e. The molecule has 0 bridgehead atoms. The van der Waals surface area contributed by atoms with E-state index in [-0.39, 0.29) is 0 Å². The molecule has 0 atom stereocenters. The van der Waals surface area contributed by atoms with E-state index in [0.717, 1.165) is 11.3 Å². The van der Waals surface area contributed by atoms with Crippen molar-refractivity contribution >= 4 is 12.7 Å². The van der Waals surface area contributed by atoms with Gasteiger partial charge in [-0.1, -0.05) is 0 Å². The first-order valence-corrected chi connectivity index (χ1v) is 3.64. The number of allylic oxidation sites excluding steroid dienone is 1. The standard InChI is InChI=1S/C7H11BN2O2/c1-6(5-8(11)12)7-3-4-9-10(7)2/h3-5,11-12H,1-2H3/b6-5+. The molecule has 1 rings (SSSR count). The molecule has 0 fully saturated rings. The van der Waals surface area contributed by atoms with Crippen molar-refractivity contribution in [1.82, 2.24) is 9.78 Å². The van der Waals surface area contributed by atoms with Crippen molar-refractivity contribution in [2.75, 3.05) is 0 Å². The molecule has 1 heterocycles. The van der Waals surface area contributed by atoms with Gasteiger partial charge in [-0.25, -0.2) is 0 Å². The predicted molar refractivity (Wildman–Crippen MR) is 47.1 cm³/mol. The second-order valence-corrected chi connectivity index (χ2v) is 2.60. The molecule has 0 radical (unpaired) electrons. The molecule has 1 aromatic heterocycles. The van der Waals surface area contributed by atoms with Gasteiger partial charge in [0.05, 0.1) is 5.69 Å². The molecule has 0 aliphatic carbocycles. The summed E-state index contributed by atoms with van der Waals surface area (Å²) in [6.07, 6.45) is 1.66. The Morgan fingerprint density at radius 1 is 1.67 bits per heavy atom. The summed E-state index contributed by atoms with van der Waals surface area (Å²) in [6.45, 7) is 1.80. The Kier molecular flexibility index (Phi) is 2.67. The molecule has 12 heavy (non-hydrogen) atoms. The smallest absolute Gasteiger partial charge is 0.424 e. The first-order chi connectivity index (χ1) is 5.61. The number of aryl methyl sites for hydroxylation is 1. The molecule has 2 N–H and O–H groups in total. The summed E-state index contributed by atoms with van der Waals surface area (Å²) in [6, 6.07) is 1.81. The first kappa shape index (κ1) is 9.03. The van der Waals surface area contributed by atoms with Crippen LogP contribution in [-0.4, -0.2) is 26.9 Å². The topological polar surface area (TPSA) is 58.3 Å². The van der Waals surface area contributed by atoms with Crippen LogP contribution in [-0.2, 0) is 7.05 Å². The average molecular weight is 166 g/mol. The van der Waals surface area contributed by atoms with Crippen LogP contribution in [0.3, 0.4) is 0 Å². The van der Waals surface area contributed by atoms with Gasteiger partial charge in [0, 0.05) is 13.2 Å². The van der Waals surface area contributed by atoms with Crippen molar-refractivity contribution < 1.29 is 10.0 Å². The average Bonchev–Trinajstić information content (AvgIpc) is 2.33. The van der Waals surface area contributed by atoms with Gasteiger partial charge in [-0.2, -0.15) is 5.10 Å². The van der Waals surface area contributed by atoms with Gasteiger partial charge in [0.25, 0.3) is 0 Å². The van der Waals surface area contributed by atoms with E-state index >= 15 is 0 Å². The predicted octanol–water partition coefficient (Wildman–Crippen LogP) is -0.165.